The Morgan fingerprint density at radius 1 is 1.67 bits per heavy atom. The zero-order valence-electron chi connectivity index (χ0n) is 6.14. The number of amides is 1. The number of nitrogens with zero attached hydrogens (tertiary/aromatic N) is 1. The standard InChI is InChI=1S/C3H7NO.Mg.2H/c1-4(2)3-5;;;/h3H,1-2H3;;;/q;+2;2*-1. The number of hydrogen-bond donors (Lipinski definition) is 0. The van der Waals surface area contributed by atoms with E-state index in [0.29, 0.717) is 0 Å². The number of carbonyl (C=O) groups excluding carboxylic acids is 1. The molecule has 0 unspecified atom stereocenters. The first-order valence-electron chi connectivity index (χ1n) is 1.39. The van der Waals surface area contributed by atoms with Gasteiger partial charge in [-0.2, -0.15) is 0 Å². The molecule has 3 heteroatoms. The van der Waals surface area contributed by atoms with E-state index in [1.807, 2.05) is 0 Å². The normalized spacial score (nSPS) is 5.67. The summed E-state index contributed by atoms with van der Waals surface area (Å²) >= 11 is 0. The van der Waals surface area contributed by atoms with Crippen LogP contribution in [0.25, 0.3) is 0 Å². The molecule has 0 saturated carbocycles. The molecule has 0 aliphatic heterocycles. The Kier molecular flexibility index (Phi) is 8.32. The maximum absolute atomic E-state index is 9.43. The van der Waals surface area contributed by atoms with Crippen molar-refractivity contribution in [2.24, 2.45) is 0 Å². The van der Waals surface area contributed by atoms with Gasteiger partial charge in [-0.3, -0.25) is 4.79 Å². The molecule has 0 aliphatic carbocycles. The predicted octanol–water partition coefficient (Wildman–Crippen LogP) is -0.451. The number of rotatable bonds is 1. The Morgan fingerprint density at radius 2 is 1.83 bits per heavy atom. The van der Waals surface area contributed by atoms with Crippen LogP contribution in [0.3, 0.4) is 0 Å². The fraction of sp³-hybridized carbons (Fsp3) is 0.667. The first-order valence-corrected chi connectivity index (χ1v) is 1.39. The second-order valence-electron chi connectivity index (χ2n) is 1.07. The fourth-order valence-electron chi connectivity index (χ4n) is 0. The maximum atomic E-state index is 9.43. The van der Waals surface area contributed by atoms with E-state index in [0.717, 1.165) is 6.41 Å². The van der Waals surface area contributed by atoms with Crippen LogP contribution < -0.4 is 0 Å². The van der Waals surface area contributed by atoms with Crippen LogP contribution in [0.2, 0.25) is 0 Å². The summed E-state index contributed by atoms with van der Waals surface area (Å²) in [5, 5.41) is 0. The van der Waals surface area contributed by atoms with Gasteiger partial charge in [0.1, 0.15) is 0 Å². The van der Waals surface area contributed by atoms with E-state index in [1.54, 1.807) is 14.1 Å². The van der Waals surface area contributed by atoms with Gasteiger partial charge < -0.3 is 7.75 Å². The fourth-order valence-corrected chi connectivity index (χ4v) is 0. The average molecular weight is 99.4 g/mol. The van der Waals surface area contributed by atoms with Crippen LogP contribution in [-0.4, -0.2) is 48.5 Å². The quantitative estimate of drug-likeness (QED) is 0.322. The van der Waals surface area contributed by atoms with Gasteiger partial charge in [-0.05, 0) is 0 Å². The van der Waals surface area contributed by atoms with Crippen molar-refractivity contribution in [1.82, 2.24) is 4.90 Å². The van der Waals surface area contributed by atoms with E-state index in [4.69, 9.17) is 0 Å². The van der Waals surface area contributed by atoms with E-state index < -0.39 is 0 Å². The van der Waals surface area contributed by atoms with Crippen molar-refractivity contribution in [1.29, 1.82) is 0 Å². The molecule has 0 heterocycles. The molecular weight excluding hydrogens is 90.3 g/mol. The van der Waals surface area contributed by atoms with Gasteiger partial charge in [0.15, 0.2) is 0 Å². The third-order valence-electron chi connectivity index (χ3n) is 0.211. The van der Waals surface area contributed by atoms with Gasteiger partial charge in [0.2, 0.25) is 6.41 Å². The van der Waals surface area contributed by atoms with Crippen LogP contribution in [0.5, 0.6) is 0 Å². The monoisotopic (exact) mass is 99.1 g/mol. The first-order chi connectivity index (χ1) is 2.27. The minimum atomic E-state index is 0. The molecule has 0 radical (unpaired) electrons. The molecule has 0 spiro atoms. The SMILES string of the molecule is CN(C)C=O.[H-].[H-].[Mg+2]. The molecule has 0 saturated heterocycles. The Labute approximate surface area is 56.6 Å². The summed E-state index contributed by atoms with van der Waals surface area (Å²) in [4.78, 5) is 10.9. The van der Waals surface area contributed by atoms with Crippen molar-refractivity contribution < 1.29 is 7.65 Å². The summed E-state index contributed by atoms with van der Waals surface area (Å²) in [6.45, 7) is 0. The van der Waals surface area contributed by atoms with Gasteiger partial charge in [0.25, 0.3) is 0 Å². The van der Waals surface area contributed by atoms with Crippen LogP contribution in [0, 0.1) is 0 Å². The van der Waals surface area contributed by atoms with Crippen LogP contribution in [-0.2, 0) is 4.79 Å². The molecule has 2 nitrogen and oxygen atoms in total. The van der Waals surface area contributed by atoms with E-state index in [-0.39, 0.29) is 25.9 Å². The summed E-state index contributed by atoms with van der Waals surface area (Å²) in [6, 6.07) is 0. The first kappa shape index (κ1) is 9.53. The van der Waals surface area contributed by atoms with Gasteiger partial charge >= 0.3 is 23.1 Å². The molecule has 0 aromatic rings. The molecule has 0 bridgehead atoms. The van der Waals surface area contributed by atoms with Gasteiger partial charge in [-0.1, -0.05) is 0 Å². The molecule has 0 aromatic heterocycles. The van der Waals surface area contributed by atoms with E-state index in [2.05, 4.69) is 0 Å². The van der Waals surface area contributed by atoms with Gasteiger partial charge in [-0.25, -0.2) is 0 Å². The van der Waals surface area contributed by atoms with E-state index in [9.17, 15) is 4.79 Å². The molecule has 0 rings (SSSR count). The molecule has 0 aromatic carbocycles. The predicted molar refractivity (Wildman–Crippen MR) is 27.7 cm³/mol. The Morgan fingerprint density at radius 3 is 1.83 bits per heavy atom. The molecule has 0 fully saturated rings. The van der Waals surface area contributed by atoms with Crippen molar-refractivity contribution in [3.63, 3.8) is 0 Å². The topological polar surface area (TPSA) is 20.3 Å². The van der Waals surface area contributed by atoms with Crippen LogP contribution in [0.15, 0.2) is 0 Å². The summed E-state index contributed by atoms with van der Waals surface area (Å²) in [5.41, 5.74) is 0. The minimum absolute atomic E-state index is 0. The largest absolute Gasteiger partial charge is 2.00 e. The molecule has 1 amide bonds. The molecule has 34 valence electrons. The molecular formula is C3H9MgNO. The van der Waals surface area contributed by atoms with Crippen LogP contribution in [0.4, 0.5) is 0 Å². The Hall–Kier alpha value is 0.236. The zero-order valence-corrected chi connectivity index (χ0v) is 5.55. The van der Waals surface area contributed by atoms with E-state index in [1.165, 1.54) is 4.90 Å². The maximum Gasteiger partial charge on any atom is 2.00 e. The van der Waals surface area contributed by atoms with Crippen molar-refractivity contribution >= 4 is 29.5 Å². The van der Waals surface area contributed by atoms with Crippen LogP contribution in [0.1, 0.15) is 2.85 Å². The smallest absolute Gasteiger partial charge is 1.00 e. The molecule has 0 atom stereocenters. The summed E-state index contributed by atoms with van der Waals surface area (Å²) in [7, 11) is 3.38. The van der Waals surface area contributed by atoms with Crippen molar-refractivity contribution in [2.45, 2.75) is 0 Å². The van der Waals surface area contributed by atoms with Crippen molar-refractivity contribution in [3.8, 4) is 0 Å². The number of carbonyl (C=O) groups is 1. The Balaban J connectivity index is -0.0000000267. The molecule has 6 heavy (non-hydrogen) atoms. The van der Waals surface area contributed by atoms with Gasteiger partial charge in [0.05, 0.1) is 0 Å². The van der Waals surface area contributed by atoms with Gasteiger partial charge in [-0.15, -0.1) is 0 Å². The summed E-state index contributed by atoms with van der Waals surface area (Å²) in [5.74, 6) is 0. The summed E-state index contributed by atoms with van der Waals surface area (Å²) in [6.07, 6.45) is 0.750. The minimum Gasteiger partial charge on any atom is -1.00 e. The van der Waals surface area contributed by atoms with Crippen molar-refractivity contribution in [3.05, 3.63) is 0 Å². The van der Waals surface area contributed by atoms with Crippen LogP contribution >= 0.6 is 0 Å². The average Bonchev–Trinajstić information content (AvgIpc) is 1.38. The summed E-state index contributed by atoms with van der Waals surface area (Å²) < 4.78 is 0. The van der Waals surface area contributed by atoms with E-state index >= 15 is 0 Å². The van der Waals surface area contributed by atoms with Crippen molar-refractivity contribution in [2.75, 3.05) is 14.1 Å². The Bertz CT molecular complexity index is 44.3. The zero-order chi connectivity index (χ0) is 4.28. The third-order valence-corrected chi connectivity index (χ3v) is 0.211. The van der Waals surface area contributed by atoms with Gasteiger partial charge in [0, 0.05) is 14.1 Å². The second kappa shape index (κ2) is 5.24. The number of hydrogen-bond acceptors (Lipinski definition) is 1. The third kappa shape index (κ3) is 8.87. The molecule has 0 N–H and O–H groups in total. The molecule has 0 aliphatic rings. The second-order valence-corrected chi connectivity index (χ2v) is 1.07.